The van der Waals surface area contributed by atoms with Crippen LogP contribution in [0.3, 0.4) is 0 Å². The van der Waals surface area contributed by atoms with Gasteiger partial charge in [-0.3, -0.25) is 4.79 Å². The number of hydrogen-bond acceptors (Lipinski definition) is 3. The summed E-state index contributed by atoms with van der Waals surface area (Å²) < 4.78 is 81.0. The van der Waals surface area contributed by atoms with Crippen LogP contribution in [-0.4, -0.2) is 20.9 Å². The first-order valence-corrected chi connectivity index (χ1v) is 11.1. The molecule has 1 N–H and O–H groups in total. The molecule has 0 saturated heterocycles. The van der Waals surface area contributed by atoms with Gasteiger partial charge in [0.15, 0.2) is 5.69 Å². The minimum absolute atomic E-state index is 0.0487. The number of nitrogens with one attached hydrogen (secondary N) is 1. The van der Waals surface area contributed by atoms with Gasteiger partial charge < -0.3 is 5.32 Å². The Bertz CT molecular complexity index is 1420. The molecule has 0 saturated carbocycles. The van der Waals surface area contributed by atoms with Gasteiger partial charge in [0.25, 0.3) is 5.91 Å². The zero-order valence-corrected chi connectivity index (χ0v) is 19.7. The zero-order valence-electron chi connectivity index (χ0n) is 19.0. The molecule has 12 heteroatoms. The summed E-state index contributed by atoms with van der Waals surface area (Å²) in [6, 6.07) is 14.4. The van der Waals surface area contributed by atoms with Crippen LogP contribution in [0.25, 0.3) is 11.3 Å². The van der Waals surface area contributed by atoms with Gasteiger partial charge >= 0.3 is 12.4 Å². The number of rotatable bonds is 5. The van der Waals surface area contributed by atoms with E-state index in [2.05, 4.69) is 15.6 Å². The van der Waals surface area contributed by atoms with E-state index in [-0.39, 0.29) is 28.0 Å². The maximum absolute atomic E-state index is 13.3. The molecular weight excluding hydrogens is 522 g/mol. The van der Waals surface area contributed by atoms with Gasteiger partial charge in [-0.25, -0.2) is 4.68 Å². The fourth-order valence-corrected chi connectivity index (χ4v) is 3.93. The highest BCUT2D eigenvalue weighted by molar-refractivity contribution is 6.34. The molecule has 5 nitrogen and oxygen atoms in total. The lowest BCUT2D eigenvalue weighted by Crippen LogP contribution is -2.15. The third-order valence-corrected chi connectivity index (χ3v) is 5.66. The third kappa shape index (κ3) is 5.93. The van der Waals surface area contributed by atoms with Crippen molar-refractivity contribution < 1.29 is 31.1 Å². The van der Waals surface area contributed by atoms with E-state index in [4.69, 9.17) is 11.6 Å². The predicted octanol–water partition coefficient (Wildman–Crippen LogP) is 7.25. The number of benzene rings is 3. The van der Waals surface area contributed by atoms with Crippen molar-refractivity contribution in [2.45, 2.75) is 25.8 Å². The van der Waals surface area contributed by atoms with Gasteiger partial charge in [-0.1, -0.05) is 53.2 Å². The maximum Gasteiger partial charge on any atom is 0.416 e. The van der Waals surface area contributed by atoms with Crippen LogP contribution in [-0.2, 0) is 18.9 Å². The second-order valence-corrected chi connectivity index (χ2v) is 8.57. The van der Waals surface area contributed by atoms with Crippen LogP contribution >= 0.6 is 11.6 Å². The standard InChI is InChI=1S/C25H17ClF6N4O/c1-14-7-8-20(19(26)9-14)33-23(37)21-22(16-5-3-2-4-6-16)36(35-34-21)13-15-10-17(24(27,28)29)12-18(11-15)25(30,31)32/h2-12H,13H2,1H3,(H,33,37). The van der Waals surface area contributed by atoms with E-state index in [1.807, 2.05) is 6.92 Å². The average Bonchev–Trinajstić information content (AvgIpc) is 3.23. The molecule has 0 bridgehead atoms. The highest BCUT2D eigenvalue weighted by Crippen LogP contribution is 2.37. The Morgan fingerprint density at radius 1 is 0.919 bits per heavy atom. The lowest BCUT2D eigenvalue weighted by atomic mass is 10.0. The molecule has 4 aromatic rings. The van der Waals surface area contributed by atoms with Crippen LogP contribution in [0.4, 0.5) is 32.0 Å². The maximum atomic E-state index is 13.3. The van der Waals surface area contributed by atoms with Crippen molar-refractivity contribution in [1.82, 2.24) is 15.0 Å². The van der Waals surface area contributed by atoms with Crippen LogP contribution in [0.5, 0.6) is 0 Å². The van der Waals surface area contributed by atoms with E-state index in [1.54, 1.807) is 48.5 Å². The fraction of sp³-hybridized carbons (Fsp3) is 0.160. The normalized spacial score (nSPS) is 12.0. The number of carbonyl (C=O) groups is 1. The van der Waals surface area contributed by atoms with E-state index >= 15 is 0 Å². The van der Waals surface area contributed by atoms with Gasteiger partial charge in [0.2, 0.25) is 0 Å². The number of aryl methyl sites for hydroxylation is 1. The van der Waals surface area contributed by atoms with Gasteiger partial charge in [-0.2, -0.15) is 26.3 Å². The number of aromatic nitrogens is 3. The van der Waals surface area contributed by atoms with E-state index in [0.717, 1.165) is 10.2 Å². The second kappa shape index (κ2) is 9.89. The minimum Gasteiger partial charge on any atom is -0.319 e. The van der Waals surface area contributed by atoms with Crippen LogP contribution in [0, 0.1) is 6.92 Å². The van der Waals surface area contributed by atoms with Gasteiger partial charge in [0.1, 0.15) is 5.69 Å². The molecule has 3 aromatic carbocycles. The molecule has 0 fully saturated rings. The number of nitrogens with zero attached hydrogens (tertiary/aromatic N) is 3. The van der Waals surface area contributed by atoms with Crippen molar-refractivity contribution in [3.8, 4) is 11.3 Å². The molecule has 0 atom stereocenters. The number of carbonyl (C=O) groups excluding carboxylic acids is 1. The molecule has 0 aliphatic rings. The van der Waals surface area contributed by atoms with Gasteiger partial charge in [0, 0.05) is 5.56 Å². The molecular formula is C25H17ClF6N4O. The number of anilines is 1. The fourth-order valence-electron chi connectivity index (χ4n) is 3.65. The molecule has 1 aromatic heterocycles. The lowest BCUT2D eigenvalue weighted by Gasteiger charge is -2.15. The summed E-state index contributed by atoms with van der Waals surface area (Å²) >= 11 is 6.19. The Kier molecular flexibility index (Phi) is 7.00. The second-order valence-electron chi connectivity index (χ2n) is 8.16. The average molecular weight is 539 g/mol. The topological polar surface area (TPSA) is 59.8 Å². The van der Waals surface area contributed by atoms with E-state index in [9.17, 15) is 31.1 Å². The highest BCUT2D eigenvalue weighted by atomic mass is 35.5. The van der Waals surface area contributed by atoms with Crippen LogP contribution in [0.1, 0.15) is 32.7 Å². The Labute approximate surface area is 211 Å². The van der Waals surface area contributed by atoms with E-state index < -0.39 is 35.9 Å². The molecule has 0 radical (unpaired) electrons. The molecule has 0 aliphatic heterocycles. The number of halogens is 7. The first kappa shape index (κ1) is 26.2. The smallest absolute Gasteiger partial charge is 0.319 e. The summed E-state index contributed by atoms with van der Waals surface area (Å²) in [6.45, 7) is 1.30. The van der Waals surface area contributed by atoms with Crippen LogP contribution < -0.4 is 5.32 Å². The van der Waals surface area contributed by atoms with Gasteiger partial charge in [0.05, 0.1) is 28.4 Å². The summed E-state index contributed by atoms with van der Waals surface area (Å²) in [5.74, 6) is -0.712. The molecule has 192 valence electrons. The Hall–Kier alpha value is -3.86. The summed E-state index contributed by atoms with van der Waals surface area (Å²) in [7, 11) is 0. The Morgan fingerprint density at radius 2 is 1.54 bits per heavy atom. The largest absolute Gasteiger partial charge is 0.416 e. The highest BCUT2D eigenvalue weighted by Gasteiger charge is 2.37. The van der Waals surface area contributed by atoms with Gasteiger partial charge in [-0.15, -0.1) is 5.10 Å². The number of alkyl halides is 6. The predicted molar refractivity (Wildman–Crippen MR) is 125 cm³/mol. The minimum atomic E-state index is -5.00. The van der Waals surface area contributed by atoms with Crippen LogP contribution in [0.15, 0.2) is 66.7 Å². The lowest BCUT2D eigenvalue weighted by molar-refractivity contribution is -0.143. The van der Waals surface area contributed by atoms with Crippen molar-refractivity contribution in [3.05, 3.63) is 99.7 Å². The molecule has 0 unspecified atom stereocenters. The third-order valence-electron chi connectivity index (χ3n) is 5.35. The van der Waals surface area contributed by atoms with E-state index in [0.29, 0.717) is 23.4 Å². The number of hydrogen-bond donors (Lipinski definition) is 1. The molecule has 0 aliphatic carbocycles. The van der Waals surface area contributed by atoms with Crippen molar-refractivity contribution in [2.75, 3.05) is 5.32 Å². The van der Waals surface area contributed by atoms with Gasteiger partial charge in [-0.05, 0) is 48.4 Å². The molecule has 1 heterocycles. The number of amides is 1. The molecule has 4 rings (SSSR count). The van der Waals surface area contributed by atoms with Crippen LogP contribution in [0.2, 0.25) is 5.02 Å². The first-order valence-electron chi connectivity index (χ1n) is 10.7. The summed E-state index contributed by atoms with van der Waals surface area (Å²) in [4.78, 5) is 13.1. The summed E-state index contributed by atoms with van der Waals surface area (Å²) in [5.41, 5.74) is -1.74. The van der Waals surface area contributed by atoms with Crippen molar-refractivity contribution in [3.63, 3.8) is 0 Å². The summed E-state index contributed by atoms with van der Waals surface area (Å²) in [5, 5.41) is 10.7. The van der Waals surface area contributed by atoms with Crippen molar-refractivity contribution in [2.24, 2.45) is 0 Å². The zero-order chi connectivity index (χ0) is 27.0. The van der Waals surface area contributed by atoms with Crippen molar-refractivity contribution in [1.29, 1.82) is 0 Å². The Balaban J connectivity index is 1.78. The quantitative estimate of drug-likeness (QED) is 0.272. The molecule has 0 spiro atoms. The summed E-state index contributed by atoms with van der Waals surface area (Å²) in [6.07, 6.45) is -10.0. The van der Waals surface area contributed by atoms with E-state index in [1.165, 1.54) is 0 Å². The SMILES string of the molecule is Cc1ccc(NC(=O)c2nnn(Cc3cc(C(F)(F)F)cc(C(F)(F)F)c3)c2-c2ccccc2)c(Cl)c1. The van der Waals surface area contributed by atoms with Crippen molar-refractivity contribution >= 4 is 23.2 Å². The molecule has 1 amide bonds. The Morgan fingerprint density at radius 3 is 2.11 bits per heavy atom. The molecule has 37 heavy (non-hydrogen) atoms. The monoisotopic (exact) mass is 538 g/mol. The first-order chi connectivity index (χ1) is 17.3.